The molecule has 0 fully saturated rings. The van der Waals surface area contributed by atoms with Crippen LogP contribution in [0, 0.1) is 0 Å². The first-order valence-electron chi connectivity index (χ1n) is 6.92. The van der Waals surface area contributed by atoms with Crippen molar-refractivity contribution in [1.29, 1.82) is 0 Å². The van der Waals surface area contributed by atoms with Crippen LogP contribution >= 0.6 is 0 Å². The van der Waals surface area contributed by atoms with Crippen molar-refractivity contribution in [2.75, 3.05) is 39.5 Å². The van der Waals surface area contributed by atoms with Crippen LogP contribution in [0.1, 0.15) is 13.8 Å². The van der Waals surface area contributed by atoms with Crippen molar-refractivity contribution in [3.8, 4) is 5.75 Å². The summed E-state index contributed by atoms with van der Waals surface area (Å²) in [5.74, 6) is 0.768. The maximum absolute atomic E-state index is 9.73. The Morgan fingerprint density at radius 3 is 2.42 bits per heavy atom. The maximum Gasteiger partial charge on any atom is 0.119 e. The Hall–Kier alpha value is -1.10. The van der Waals surface area contributed by atoms with E-state index in [1.165, 1.54) is 0 Å². The molecule has 1 aromatic carbocycles. The van der Waals surface area contributed by atoms with Gasteiger partial charge in [0.25, 0.3) is 0 Å². The molecule has 0 heterocycles. The van der Waals surface area contributed by atoms with Crippen molar-refractivity contribution in [1.82, 2.24) is 4.90 Å². The Kier molecular flexibility index (Phi) is 8.21. The standard InChI is InChI=1S/C15H25NO3/c1-3-16(4-2)10-11-18-12-14(17)13-19-15-8-6-5-7-9-15/h5-9,14,17H,3-4,10-13H2,1-2H3. The number of hydrogen-bond donors (Lipinski definition) is 1. The molecule has 4 heteroatoms. The molecule has 0 saturated heterocycles. The molecule has 0 aliphatic rings. The Morgan fingerprint density at radius 1 is 1.11 bits per heavy atom. The minimum absolute atomic E-state index is 0.259. The van der Waals surface area contributed by atoms with Gasteiger partial charge in [-0.05, 0) is 25.2 Å². The van der Waals surface area contributed by atoms with E-state index in [2.05, 4.69) is 18.7 Å². The van der Waals surface area contributed by atoms with Crippen LogP contribution in [-0.2, 0) is 4.74 Å². The van der Waals surface area contributed by atoms with Crippen LogP contribution in [0.15, 0.2) is 30.3 Å². The summed E-state index contributed by atoms with van der Waals surface area (Å²) in [5.41, 5.74) is 0. The van der Waals surface area contributed by atoms with E-state index in [9.17, 15) is 5.11 Å². The molecule has 0 amide bonds. The molecular formula is C15H25NO3. The molecule has 1 aromatic rings. The van der Waals surface area contributed by atoms with E-state index in [1.807, 2.05) is 30.3 Å². The summed E-state index contributed by atoms with van der Waals surface area (Å²) >= 11 is 0. The summed E-state index contributed by atoms with van der Waals surface area (Å²) in [4.78, 5) is 2.28. The summed E-state index contributed by atoms with van der Waals surface area (Å²) in [6.07, 6.45) is -0.586. The summed E-state index contributed by atoms with van der Waals surface area (Å²) in [5, 5.41) is 9.73. The number of benzene rings is 1. The third-order valence-electron chi connectivity index (χ3n) is 2.94. The van der Waals surface area contributed by atoms with Gasteiger partial charge in [-0.25, -0.2) is 0 Å². The summed E-state index contributed by atoms with van der Waals surface area (Å²) in [7, 11) is 0. The van der Waals surface area contributed by atoms with Crippen LogP contribution in [0.4, 0.5) is 0 Å². The quantitative estimate of drug-likeness (QED) is 0.656. The molecule has 0 saturated carbocycles. The van der Waals surface area contributed by atoms with Gasteiger partial charge in [0.05, 0.1) is 13.2 Å². The van der Waals surface area contributed by atoms with Gasteiger partial charge in [0.1, 0.15) is 18.5 Å². The number of ether oxygens (including phenoxy) is 2. The molecule has 1 N–H and O–H groups in total. The minimum Gasteiger partial charge on any atom is -0.491 e. The number of nitrogens with zero attached hydrogens (tertiary/aromatic N) is 1. The van der Waals surface area contributed by atoms with Gasteiger partial charge < -0.3 is 19.5 Å². The highest BCUT2D eigenvalue weighted by Gasteiger charge is 2.06. The minimum atomic E-state index is -0.586. The Morgan fingerprint density at radius 2 is 1.79 bits per heavy atom. The zero-order valence-corrected chi connectivity index (χ0v) is 11.9. The first-order valence-corrected chi connectivity index (χ1v) is 6.92. The van der Waals surface area contributed by atoms with Gasteiger partial charge in [0, 0.05) is 6.54 Å². The van der Waals surface area contributed by atoms with E-state index in [1.54, 1.807) is 0 Å². The number of likely N-dealkylation sites (N-methyl/N-ethyl adjacent to an activating group) is 1. The van der Waals surface area contributed by atoms with Gasteiger partial charge in [-0.1, -0.05) is 32.0 Å². The van der Waals surface area contributed by atoms with Crippen LogP contribution in [0.2, 0.25) is 0 Å². The summed E-state index contributed by atoms with van der Waals surface area (Å²) in [6.45, 7) is 8.43. The van der Waals surface area contributed by atoms with Gasteiger partial charge >= 0.3 is 0 Å². The average Bonchev–Trinajstić information content (AvgIpc) is 2.46. The lowest BCUT2D eigenvalue weighted by atomic mass is 10.3. The molecule has 0 aromatic heterocycles. The molecule has 108 valence electrons. The highest BCUT2D eigenvalue weighted by atomic mass is 16.5. The lowest BCUT2D eigenvalue weighted by molar-refractivity contribution is 0.00627. The van der Waals surface area contributed by atoms with Crippen molar-refractivity contribution in [3.63, 3.8) is 0 Å². The van der Waals surface area contributed by atoms with Gasteiger partial charge in [0.15, 0.2) is 0 Å². The van der Waals surface area contributed by atoms with E-state index in [4.69, 9.17) is 9.47 Å². The largest absolute Gasteiger partial charge is 0.491 e. The topological polar surface area (TPSA) is 41.9 Å². The van der Waals surface area contributed by atoms with Gasteiger partial charge in [0.2, 0.25) is 0 Å². The molecule has 19 heavy (non-hydrogen) atoms. The van der Waals surface area contributed by atoms with Crippen LogP contribution in [-0.4, -0.2) is 55.6 Å². The summed E-state index contributed by atoms with van der Waals surface area (Å²) in [6, 6.07) is 9.48. The van der Waals surface area contributed by atoms with Crippen LogP contribution in [0.5, 0.6) is 5.75 Å². The average molecular weight is 267 g/mol. The molecule has 0 radical (unpaired) electrons. The molecule has 0 aliphatic carbocycles. The fourth-order valence-electron chi connectivity index (χ4n) is 1.71. The molecule has 1 atom stereocenters. The second-order valence-electron chi connectivity index (χ2n) is 4.38. The fraction of sp³-hybridized carbons (Fsp3) is 0.600. The zero-order chi connectivity index (χ0) is 13.9. The number of para-hydroxylation sites is 1. The maximum atomic E-state index is 9.73. The van der Waals surface area contributed by atoms with E-state index in [0.717, 1.165) is 25.4 Å². The molecule has 0 aliphatic heterocycles. The molecule has 1 rings (SSSR count). The number of hydrogen-bond acceptors (Lipinski definition) is 4. The van der Waals surface area contributed by atoms with E-state index in [0.29, 0.717) is 13.2 Å². The lowest BCUT2D eigenvalue weighted by Crippen LogP contribution is -2.29. The first kappa shape index (κ1) is 16.0. The van der Waals surface area contributed by atoms with Gasteiger partial charge in [-0.3, -0.25) is 0 Å². The molecule has 0 bridgehead atoms. The van der Waals surface area contributed by atoms with Crippen LogP contribution in [0.25, 0.3) is 0 Å². The van der Waals surface area contributed by atoms with Gasteiger partial charge in [-0.2, -0.15) is 0 Å². The Labute approximate surface area is 115 Å². The monoisotopic (exact) mass is 267 g/mol. The number of aliphatic hydroxyl groups excluding tert-OH is 1. The molecule has 4 nitrogen and oxygen atoms in total. The highest BCUT2D eigenvalue weighted by Crippen LogP contribution is 2.08. The van der Waals surface area contributed by atoms with Crippen molar-refractivity contribution >= 4 is 0 Å². The predicted molar refractivity (Wildman–Crippen MR) is 76.6 cm³/mol. The molecule has 0 spiro atoms. The smallest absolute Gasteiger partial charge is 0.119 e. The SMILES string of the molecule is CCN(CC)CCOCC(O)COc1ccccc1. The second-order valence-corrected chi connectivity index (χ2v) is 4.38. The van der Waals surface area contributed by atoms with E-state index < -0.39 is 6.10 Å². The third-order valence-corrected chi connectivity index (χ3v) is 2.94. The van der Waals surface area contributed by atoms with Crippen molar-refractivity contribution < 1.29 is 14.6 Å². The highest BCUT2D eigenvalue weighted by molar-refractivity contribution is 5.20. The van der Waals surface area contributed by atoms with Gasteiger partial charge in [-0.15, -0.1) is 0 Å². The lowest BCUT2D eigenvalue weighted by Gasteiger charge is -2.18. The van der Waals surface area contributed by atoms with Crippen LogP contribution in [0.3, 0.4) is 0 Å². The fourth-order valence-corrected chi connectivity index (χ4v) is 1.71. The predicted octanol–water partition coefficient (Wildman–Crippen LogP) is 1.78. The first-order chi connectivity index (χ1) is 9.26. The molecule has 1 unspecified atom stereocenters. The Bertz CT molecular complexity index is 314. The molecular weight excluding hydrogens is 242 g/mol. The normalized spacial score (nSPS) is 12.6. The second kappa shape index (κ2) is 9.78. The number of aliphatic hydroxyl groups is 1. The van der Waals surface area contributed by atoms with E-state index >= 15 is 0 Å². The van der Waals surface area contributed by atoms with Crippen molar-refractivity contribution in [3.05, 3.63) is 30.3 Å². The van der Waals surface area contributed by atoms with Crippen LogP contribution < -0.4 is 4.74 Å². The van der Waals surface area contributed by atoms with E-state index in [-0.39, 0.29) is 6.61 Å². The summed E-state index contributed by atoms with van der Waals surface area (Å²) < 4.78 is 10.9. The number of rotatable bonds is 10. The zero-order valence-electron chi connectivity index (χ0n) is 11.9. The van der Waals surface area contributed by atoms with Crippen molar-refractivity contribution in [2.45, 2.75) is 20.0 Å². The Balaban J connectivity index is 2.06. The third kappa shape index (κ3) is 7.15. The van der Waals surface area contributed by atoms with Crippen molar-refractivity contribution in [2.24, 2.45) is 0 Å².